The van der Waals surface area contributed by atoms with E-state index in [0.717, 1.165) is 50.6 Å². The summed E-state index contributed by atoms with van der Waals surface area (Å²) in [6, 6.07) is 5.12. The quantitative estimate of drug-likeness (QED) is 0.360. The molecule has 5 nitrogen and oxygen atoms in total. The van der Waals surface area contributed by atoms with Gasteiger partial charge in [-0.15, -0.1) is 24.0 Å². The summed E-state index contributed by atoms with van der Waals surface area (Å²) in [4.78, 5) is 6.91. The van der Waals surface area contributed by atoms with Gasteiger partial charge in [0.2, 0.25) is 0 Å². The number of guanidine groups is 1. The summed E-state index contributed by atoms with van der Waals surface area (Å²) >= 11 is 3.18. The van der Waals surface area contributed by atoms with Gasteiger partial charge in [0.1, 0.15) is 11.9 Å². The molecule has 3 rings (SSSR count). The van der Waals surface area contributed by atoms with Crippen molar-refractivity contribution in [3.8, 4) is 0 Å². The van der Waals surface area contributed by atoms with Crippen molar-refractivity contribution in [2.24, 2.45) is 4.99 Å². The van der Waals surface area contributed by atoms with Crippen molar-refractivity contribution < 1.29 is 13.9 Å². The number of nitrogens with one attached hydrogen (secondary N) is 1. The van der Waals surface area contributed by atoms with Crippen LogP contribution in [0.4, 0.5) is 4.39 Å². The van der Waals surface area contributed by atoms with Crippen LogP contribution in [0.2, 0.25) is 0 Å². The Morgan fingerprint density at radius 1 is 1.35 bits per heavy atom. The molecule has 0 amide bonds. The maximum atomic E-state index is 13.7. The molecule has 2 saturated heterocycles. The van der Waals surface area contributed by atoms with Gasteiger partial charge in [0.15, 0.2) is 5.96 Å². The van der Waals surface area contributed by atoms with Gasteiger partial charge in [-0.05, 0) is 53.4 Å². The molecule has 146 valence electrons. The highest BCUT2D eigenvalue weighted by Gasteiger charge is 2.32. The molecular weight excluding hydrogens is 516 g/mol. The molecule has 0 aromatic heterocycles. The Labute approximate surface area is 179 Å². The number of hydrogen-bond donors (Lipinski definition) is 1. The molecular formula is C18H26BrFIN3O2. The Hall–Kier alpha value is -0.450. The number of nitrogens with zero attached hydrogens (tertiary/aromatic N) is 2. The first-order valence-corrected chi connectivity index (χ1v) is 9.67. The zero-order chi connectivity index (χ0) is 17.6. The van der Waals surface area contributed by atoms with Crippen molar-refractivity contribution in [2.75, 3.05) is 32.8 Å². The summed E-state index contributed by atoms with van der Waals surface area (Å²) < 4.78 is 25.8. The van der Waals surface area contributed by atoms with Crippen LogP contribution in [0, 0.1) is 5.82 Å². The third-order valence-electron chi connectivity index (χ3n) is 4.50. The summed E-state index contributed by atoms with van der Waals surface area (Å²) in [5.74, 6) is 0.583. The second kappa shape index (κ2) is 10.8. The van der Waals surface area contributed by atoms with Crippen LogP contribution in [0.25, 0.3) is 0 Å². The number of halogens is 3. The molecule has 0 bridgehead atoms. The summed E-state index contributed by atoms with van der Waals surface area (Å²) in [5.41, 5.74) is 0.847. The Morgan fingerprint density at radius 2 is 2.15 bits per heavy atom. The molecule has 2 aliphatic heterocycles. The molecule has 1 N–H and O–H groups in total. The molecule has 2 atom stereocenters. The van der Waals surface area contributed by atoms with Crippen LogP contribution in [0.1, 0.15) is 25.3 Å². The zero-order valence-corrected chi connectivity index (χ0v) is 18.8. The van der Waals surface area contributed by atoms with Crippen LogP contribution in [0.5, 0.6) is 0 Å². The second-order valence-electron chi connectivity index (χ2n) is 6.33. The highest BCUT2D eigenvalue weighted by Crippen LogP contribution is 2.21. The van der Waals surface area contributed by atoms with E-state index in [0.29, 0.717) is 17.6 Å². The molecule has 0 saturated carbocycles. The number of morpholine rings is 1. The van der Waals surface area contributed by atoms with Gasteiger partial charge in [0.25, 0.3) is 0 Å². The minimum absolute atomic E-state index is 0. The van der Waals surface area contributed by atoms with E-state index in [4.69, 9.17) is 14.5 Å². The summed E-state index contributed by atoms with van der Waals surface area (Å²) in [7, 11) is 0. The van der Waals surface area contributed by atoms with Gasteiger partial charge in [0.05, 0.1) is 23.7 Å². The van der Waals surface area contributed by atoms with Crippen LogP contribution in [0.15, 0.2) is 27.7 Å². The van der Waals surface area contributed by atoms with Crippen LogP contribution < -0.4 is 5.32 Å². The monoisotopic (exact) mass is 541 g/mol. The third kappa shape index (κ3) is 5.77. The summed E-state index contributed by atoms with van der Waals surface area (Å²) in [6.07, 6.45) is 2.44. The van der Waals surface area contributed by atoms with Crippen molar-refractivity contribution in [1.29, 1.82) is 0 Å². The normalized spacial score (nSPS) is 23.7. The van der Waals surface area contributed by atoms with Crippen molar-refractivity contribution in [1.82, 2.24) is 10.2 Å². The average Bonchev–Trinajstić information content (AvgIpc) is 3.16. The molecule has 2 aliphatic rings. The molecule has 1 aromatic carbocycles. The smallest absolute Gasteiger partial charge is 0.194 e. The predicted molar refractivity (Wildman–Crippen MR) is 115 cm³/mol. The SMILES string of the molecule is CCNC(=NCc1ccc(Br)c(F)c1)N1CCOC(C2CCCO2)C1.I. The highest BCUT2D eigenvalue weighted by atomic mass is 127. The Balaban J connectivity index is 0.00000243. The van der Waals surface area contributed by atoms with E-state index in [9.17, 15) is 4.39 Å². The topological polar surface area (TPSA) is 46.1 Å². The van der Waals surface area contributed by atoms with E-state index >= 15 is 0 Å². The van der Waals surface area contributed by atoms with Crippen LogP contribution >= 0.6 is 39.9 Å². The van der Waals surface area contributed by atoms with Gasteiger partial charge >= 0.3 is 0 Å². The predicted octanol–water partition coefficient (Wildman–Crippen LogP) is 3.55. The fourth-order valence-electron chi connectivity index (χ4n) is 3.22. The number of rotatable bonds is 4. The second-order valence-corrected chi connectivity index (χ2v) is 7.18. The van der Waals surface area contributed by atoms with Gasteiger partial charge in [-0.3, -0.25) is 0 Å². The first kappa shape index (κ1) is 21.8. The molecule has 2 fully saturated rings. The van der Waals surface area contributed by atoms with E-state index in [1.165, 1.54) is 6.07 Å². The third-order valence-corrected chi connectivity index (χ3v) is 5.15. The van der Waals surface area contributed by atoms with Gasteiger partial charge in [-0.25, -0.2) is 9.38 Å². The van der Waals surface area contributed by atoms with E-state index < -0.39 is 0 Å². The standard InChI is InChI=1S/C18H25BrFN3O2.HI/c1-2-21-18(22-11-13-5-6-14(19)15(20)10-13)23-7-9-25-17(12-23)16-4-3-8-24-16;/h5-6,10,16-17H,2-4,7-9,11-12H2,1H3,(H,21,22);1H. The molecule has 0 aliphatic carbocycles. The van der Waals surface area contributed by atoms with Crippen molar-refractivity contribution in [3.63, 3.8) is 0 Å². The Kier molecular flexibility index (Phi) is 9.05. The first-order chi connectivity index (χ1) is 12.2. The zero-order valence-electron chi connectivity index (χ0n) is 14.9. The van der Waals surface area contributed by atoms with Gasteiger partial charge < -0.3 is 19.7 Å². The summed E-state index contributed by atoms with van der Waals surface area (Å²) in [5, 5.41) is 3.34. The van der Waals surface area contributed by atoms with Crippen molar-refractivity contribution >= 4 is 45.9 Å². The maximum absolute atomic E-state index is 13.7. The summed E-state index contributed by atoms with van der Waals surface area (Å²) in [6.45, 7) is 6.33. The van der Waals surface area contributed by atoms with Crippen LogP contribution in [-0.4, -0.2) is 55.9 Å². The largest absolute Gasteiger partial charge is 0.375 e. The lowest BCUT2D eigenvalue weighted by atomic mass is 10.1. The van der Waals surface area contributed by atoms with Crippen LogP contribution in [-0.2, 0) is 16.0 Å². The molecule has 8 heteroatoms. The minimum atomic E-state index is -0.262. The maximum Gasteiger partial charge on any atom is 0.194 e. The average molecular weight is 542 g/mol. The number of benzene rings is 1. The fourth-order valence-corrected chi connectivity index (χ4v) is 3.47. The Morgan fingerprint density at radius 3 is 2.85 bits per heavy atom. The van der Waals surface area contributed by atoms with E-state index in [1.807, 2.05) is 13.0 Å². The minimum Gasteiger partial charge on any atom is -0.375 e. The molecule has 2 heterocycles. The van der Waals surface area contributed by atoms with Crippen molar-refractivity contribution in [3.05, 3.63) is 34.1 Å². The number of hydrogen-bond acceptors (Lipinski definition) is 3. The highest BCUT2D eigenvalue weighted by molar-refractivity contribution is 14.0. The lowest BCUT2D eigenvalue weighted by molar-refractivity contribution is -0.0817. The van der Waals surface area contributed by atoms with E-state index in [2.05, 4.69) is 26.1 Å². The Bertz CT molecular complexity index is 614. The molecule has 0 radical (unpaired) electrons. The lowest BCUT2D eigenvalue weighted by Crippen LogP contribution is -2.53. The first-order valence-electron chi connectivity index (χ1n) is 8.87. The lowest BCUT2D eigenvalue weighted by Gasteiger charge is -2.37. The molecule has 1 aromatic rings. The number of aliphatic imine (C=N–C) groups is 1. The van der Waals surface area contributed by atoms with Gasteiger partial charge in [-0.2, -0.15) is 0 Å². The van der Waals surface area contributed by atoms with Gasteiger partial charge in [0, 0.05) is 26.2 Å². The van der Waals surface area contributed by atoms with Gasteiger partial charge in [-0.1, -0.05) is 6.07 Å². The molecule has 2 unspecified atom stereocenters. The van der Waals surface area contributed by atoms with E-state index in [1.54, 1.807) is 6.07 Å². The fraction of sp³-hybridized carbons (Fsp3) is 0.611. The number of ether oxygens (including phenoxy) is 2. The van der Waals surface area contributed by atoms with Crippen LogP contribution in [0.3, 0.4) is 0 Å². The van der Waals surface area contributed by atoms with Crippen molar-refractivity contribution in [2.45, 2.75) is 38.5 Å². The molecule has 26 heavy (non-hydrogen) atoms. The molecule has 0 spiro atoms. The van der Waals surface area contributed by atoms with E-state index in [-0.39, 0.29) is 42.0 Å².